The van der Waals surface area contributed by atoms with Crippen LogP contribution in [0.4, 0.5) is 5.69 Å². The van der Waals surface area contributed by atoms with Crippen LogP contribution in [0.5, 0.6) is 5.75 Å². The van der Waals surface area contributed by atoms with E-state index in [2.05, 4.69) is 42.2 Å². The number of fused-ring (bicyclic) bond motifs is 1. The van der Waals surface area contributed by atoms with E-state index >= 15 is 0 Å². The zero-order valence-corrected chi connectivity index (χ0v) is 15.3. The van der Waals surface area contributed by atoms with Crippen LogP contribution >= 0.6 is 31.9 Å². The van der Waals surface area contributed by atoms with Gasteiger partial charge in [-0.1, -0.05) is 22.0 Å². The number of anilines is 1. The average Bonchev–Trinajstić information content (AvgIpc) is 2.39. The van der Waals surface area contributed by atoms with Crippen molar-refractivity contribution in [1.29, 1.82) is 0 Å². The number of carbonyl (C=O) groups is 1. The van der Waals surface area contributed by atoms with E-state index in [1.807, 2.05) is 37.3 Å². The van der Waals surface area contributed by atoms with Crippen molar-refractivity contribution in [2.45, 2.75) is 25.9 Å². The topological polar surface area (TPSA) is 51.2 Å². The largest absolute Gasteiger partial charge is 0.475 e. The highest BCUT2D eigenvalue weighted by Crippen LogP contribution is 2.35. The first kappa shape index (κ1) is 15.5. The van der Waals surface area contributed by atoms with Crippen molar-refractivity contribution in [3.63, 3.8) is 0 Å². The van der Waals surface area contributed by atoms with Gasteiger partial charge in [-0.15, -0.1) is 0 Å². The number of aromatic nitrogens is 1. The molecule has 1 unspecified atom stereocenters. The number of ether oxygens (including phenoxy) is 1. The Morgan fingerprint density at radius 3 is 2.77 bits per heavy atom. The lowest BCUT2D eigenvalue weighted by Gasteiger charge is -2.34. The summed E-state index contributed by atoms with van der Waals surface area (Å²) >= 11 is 6.79. The van der Waals surface area contributed by atoms with Crippen LogP contribution in [0.25, 0.3) is 0 Å². The van der Waals surface area contributed by atoms with Gasteiger partial charge >= 0.3 is 0 Å². The average molecular weight is 426 g/mol. The van der Waals surface area contributed by atoms with E-state index in [1.54, 1.807) is 6.92 Å². The number of amides is 1. The Kier molecular flexibility index (Phi) is 3.99. The summed E-state index contributed by atoms with van der Waals surface area (Å²) in [6.45, 7) is 3.75. The number of nitrogens with zero attached hydrogens (tertiary/aromatic N) is 1. The van der Waals surface area contributed by atoms with Crippen molar-refractivity contribution in [1.82, 2.24) is 4.98 Å². The fourth-order valence-electron chi connectivity index (χ4n) is 2.44. The van der Waals surface area contributed by atoms with Crippen LogP contribution in [0.1, 0.15) is 18.2 Å². The van der Waals surface area contributed by atoms with Gasteiger partial charge in [0.05, 0.1) is 5.69 Å². The summed E-state index contributed by atoms with van der Waals surface area (Å²) in [6, 6.07) is 9.49. The van der Waals surface area contributed by atoms with Gasteiger partial charge < -0.3 is 10.1 Å². The van der Waals surface area contributed by atoms with Crippen molar-refractivity contribution in [2.75, 3.05) is 5.32 Å². The molecule has 1 aliphatic rings. The second-order valence-electron chi connectivity index (χ2n) is 5.56. The summed E-state index contributed by atoms with van der Waals surface area (Å²) in [5.41, 5.74) is 1.57. The molecule has 0 fully saturated rings. The molecule has 4 nitrogen and oxygen atoms in total. The number of benzene rings is 1. The van der Waals surface area contributed by atoms with Crippen molar-refractivity contribution < 1.29 is 9.53 Å². The van der Waals surface area contributed by atoms with Gasteiger partial charge in [-0.25, -0.2) is 4.98 Å². The highest BCUT2D eigenvalue weighted by atomic mass is 79.9. The molecule has 0 bridgehead atoms. The van der Waals surface area contributed by atoms with E-state index in [1.165, 1.54) is 0 Å². The van der Waals surface area contributed by atoms with Crippen LogP contribution in [-0.2, 0) is 11.2 Å². The maximum Gasteiger partial charge on any atom is 0.268 e. The molecule has 0 radical (unpaired) electrons. The molecule has 1 aromatic heterocycles. The van der Waals surface area contributed by atoms with Crippen molar-refractivity contribution >= 4 is 43.5 Å². The SMILES string of the molecule is Cc1ccc2c(c1)NC(=O)C(C)(Cc1cc(Br)cc(Br)n1)O2. The number of halogens is 2. The predicted octanol–water partition coefficient (Wildman–Crippen LogP) is 4.25. The van der Waals surface area contributed by atoms with Gasteiger partial charge in [0.1, 0.15) is 10.4 Å². The van der Waals surface area contributed by atoms with Gasteiger partial charge in [0.25, 0.3) is 5.91 Å². The molecule has 1 amide bonds. The lowest BCUT2D eigenvalue weighted by molar-refractivity contribution is -0.131. The number of aryl methyl sites for hydroxylation is 1. The number of nitrogens with one attached hydrogen (secondary N) is 1. The summed E-state index contributed by atoms with van der Waals surface area (Å²) < 4.78 is 7.61. The molecule has 3 rings (SSSR count). The van der Waals surface area contributed by atoms with Crippen molar-refractivity contribution in [2.24, 2.45) is 0 Å². The molecule has 114 valence electrons. The zero-order chi connectivity index (χ0) is 15.9. The maximum absolute atomic E-state index is 12.5. The van der Waals surface area contributed by atoms with Gasteiger partial charge in [-0.3, -0.25) is 4.79 Å². The molecule has 2 aromatic rings. The monoisotopic (exact) mass is 424 g/mol. The second-order valence-corrected chi connectivity index (χ2v) is 7.29. The van der Waals surface area contributed by atoms with E-state index in [9.17, 15) is 4.79 Å². The highest BCUT2D eigenvalue weighted by Gasteiger charge is 2.40. The smallest absolute Gasteiger partial charge is 0.268 e. The normalized spacial score (nSPS) is 20.1. The van der Waals surface area contributed by atoms with Crippen LogP contribution in [0.2, 0.25) is 0 Å². The molecular weight excluding hydrogens is 412 g/mol. The van der Waals surface area contributed by atoms with Gasteiger partial charge in [0.15, 0.2) is 5.60 Å². The second kappa shape index (κ2) is 5.66. The molecule has 1 aromatic carbocycles. The third kappa shape index (κ3) is 3.03. The first-order chi connectivity index (χ1) is 10.4. The lowest BCUT2D eigenvalue weighted by atomic mass is 9.96. The third-order valence-electron chi connectivity index (χ3n) is 3.53. The van der Waals surface area contributed by atoms with Crippen LogP contribution in [0.3, 0.4) is 0 Å². The molecule has 6 heteroatoms. The molecule has 0 spiro atoms. The quantitative estimate of drug-likeness (QED) is 0.731. The fourth-order valence-corrected chi connectivity index (χ4v) is 3.71. The van der Waals surface area contributed by atoms with Crippen LogP contribution in [0, 0.1) is 6.92 Å². The van der Waals surface area contributed by atoms with E-state index in [0.717, 1.165) is 15.7 Å². The number of rotatable bonds is 2. The Morgan fingerprint density at radius 2 is 2.05 bits per heavy atom. The Bertz CT molecular complexity index is 744. The van der Waals surface area contributed by atoms with E-state index in [-0.39, 0.29) is 5.91 Å². The molecule has 1 N–H and O–H groups in total. The molecule has 1 atom stereocenters. The van der Waals surface area contributed by atoms with Gasteiger partial charge in [-0.05, 0) is 59.6 Å². The van der Waals surface area contributed by atoms with Crippen LogP contribution in [0.15, 0.2) is 39.4 Å². The molecule has 0 saturated heterocycles. The molecule has 0 aliphatic carbocycles. The Hall–Kier alpha value is -1.40. The van der Waals surface area contributed by atoms with Gasteiger partial charge in [0.2, 0.25) is 0 Å². The first-order valence-electron chi connectivity index (χ1n) is 6.79. The summed E-state index contributed by atoms with van der Waals surface area (Å²) in [6.07, 6.45) is 0.379. The molecular formula is C16H14Br2N2O2. The molecule has 22 heavy (non-hydrogen) atoms. The number of pyridine rings is 1. The summed E-state index contributed by atoms with van der Waals surface area (Å²) in [5.74, 6) is 0.519. The van der Waals surface area contributed by atoms with Crippen molar-refractivity contribution in [3.05, 3.63) is 50.7 Å². The van der Waals surface area contributed by atoms with E-state index in [4.69, 9.17) is 4.74 Å². The molecule has 2 heterocycles. The Morgan fingerprint density at radius 1 is 1.27 bits per heavy atom. The van der Waals surface area contributed by atoms with Crippen LogP contribution < -0.4 is 10.1 Å². The lowest BCUT2D eigenvalue weighted by Crippen LogP contribution is -2.50. The summed E-state index contributed by atoms with van der Waals surface area (Å²) in [7, 11) is 0. The highest BCUT2D eigenvalue weighted by molar-refractivity contribution is 9.11. The first-order valence-corrected chi connectivity index (χ1v) is 8.37. The van der Waals surface area contributed by atoms with Gasteiger partial charge in [-0.2, -0.15) is 0 Å². The van der Waals surface area contributed by atoms with Gasteiger partial charge in [0, 0.05) is 16.6 Å². The number of hydrogen-bond donors (Lipinski definition) is 1. The predicted molar refractivity (Wildman–Crippen MR) is 92.2 cm³/mol. The third-order valence-corrected chi connectivity index (χ3v) is 4.39. The Labute approximate surface area is 145 Å². The Balaban J connectivity index is 1.92. The molecule has 0 saturated carbocycles. The number of carbonyl (C=O) groups excluding carboxylic acids is 1. The summed E-state index contributed by atoms with van der Waals surface area (Å²) in [4.78, 5) is 16.9. The van der Waals surface area contributed by atoms with E-state index < -0.39 is 5.60 Å². The minimum atomic E-state index is -0.991. The minimum Gasteiger partial charge on any atom is -0.475 e. The van der Waals surface area contributed by atoms with Crippen molar-refractivity contribution in [3.8, 4) is 5.75 Å². The molecule has 1 aliphatic heterocycles. The van der Waals surface area contributed by atoms with Crippen LogP contribution in [-0.4, -0.2) is 16.5 Å². The van der Waals surface area contributed by atoms with E-state index in [0.29, 0.717) is 22.5 Å². The fraction of sp³-hybridized carbons (Fsp3) is 0.250. The minimum absolute atomic E-state index is 0.163. The zero-order valence-electron chi connectivity index (χ0n) is 12.1. The summed E-state index contributed by atoms with van der Waals surface area (Å²) in [5, 5.41) is 2.93. The standard InChI is InChI=1S/C16H14Br2N2O2/c1-9-3-4-13-12(5-9)20-15(21)16(2,22-13)8-11-6-10(17)7-14(18)19-11/h3-7H,8H2,1-2H3,(H,20,21). The number of hydrogen-bond acceptors (Lipinski definition) is 3. The maximum atomic E-state index is 12.5.